The lowest BCUT2D eigenvalue weighted by Crippen LogP contribution is -2.37. The highest BCUT2D eigenvalue weighted by Gasteiger charge is 2.28. The van der Waals surface area contributed by atoms with Gasteiger partial charge in [-0.25, -0.2) is 8.42 Å². The molecule has 1 aromatic rings. The normalized spacial score (nSPS) is 13.9. The van der Waals surface area contributed by atoms with Gasteiger partial charge in [0.2, 0.25) is 0 Å². The Balaban J connectivity index is 2.94. The van der Waals surface area contributed by atoms with E-state index in [1.165, 1.54) is 15.6 Å². The van der Waals surface area contributed by atoms with Gasteiger partial charge in [0.05, 0.1) is 0 Å². The number of halogens is 1. The summed E-state index contributed by atoms with van der Waals surface area (Å²) in [4.78, 5) is 1.01. The number of hydrogen-bond acceptors (Lipinski definition) is 4. The van der Waals surface area contributed by atoms with Crippen molar-refractivity contribution >= 4 is 44.7 Å². The number of thiophene rings is 1. The summed E-state index contributed by atoms with van der Waals surface area (Å²) in [6.45, 7) is 2.01. The number of nitrogens with zero attached hydrogens (tertiary/aromatic N) is 1. The van der Waals surface area contributed by atoms with Crippen molar-refractivity contribution in [2.75, 3.05) is 24.9 Å². The molecule has 19 heavy (non-hydrogen) atoms. The average molecular weight is 342 g/mol. The van der Waals surface area contributed by atoms with E-state index in [0.717, 1.165) is 17.1 Å². The van der Waals surface area contributed by atoms with Crippen LogP contribution in [-0.4, -0.2) is 43.7 Å². The number of hydrogen-bond donors (Lipinski definition) is 0. The predicted octanol–water partition coefficient (Wildman–Crippen LogP) is 3.29. The number of sulfonamides is 1. The van der Waals surface area contributed by atoms with Crippen molar-refractivity contribution in [2.45, 2.75) is 30.0 Å². The molecule has 0 aliphatic rings. The molecule has 7 heteroatoms. The summed E-state index contributed by atoms with van der Waals surface area (Å²) < 4.78 is 26.9. The summed E-state index contributed by atoms with van der Waals surface area (Å²) >= 11 is 8.67. The molecule has 0 aliphatic heterocycles. The first-order valence-corrected chi connectivity index (χ1v) is 10.3. The fourth-order valence-electron chi connectivity index (χ4n) is 1.73. The summed E-state index contributed by atoms with van der Waals surface area (Å²) in [6.07, 6.45) is 3.52. The van der Waals surface area contributed by atoms with Crippen LogP contribution in [0.25, 0.3) is 0 Å². The standard InChI is InChI=1S/C12H20ClNO2S3/c1-4-10(9-17-3)14(2)19(15,16)12-6-5-11(18-12)7-8-13/h5-6,10H,4,7-9H2,1-3H3. The molecule has 0 amide bonds. The van der Waals surface area contributed by atoms with E-state index in [0.29, 0.717) is 16.5 Å². The third-order valence-corrected chi connectivity index (χ3v) is 7.39. The molecule has 3 nitrogen and oxygen atoms in total. The van der Waals surface area contributed by atoms with Crippen molar-refractivity contribution in [1.29, 1.82) is 0 Å². The van der Waals surface area contributed by atoms with E-state index < -0.39 is 10.0 Å². The minimum absolute atomic E-state index is 0.0403. The van der Waals surface area contributed by atoms with Crippen molar-refractivity contribution in [1.82, 2.24) is 4.31 Å². The van der Waals surface area contributed by atoms with Gasteiger partial charge in [-0.15, -0.1) is 22.9 Å². The van der Waals surface area contributed by atoms with E-state index in [9.17, 15) is 8.42 Å². The van der Waals surface area contributed by atoms with Crippen LogP contribution in [0.5, 0.6) is 0 Å². The Bertz CT molecular complexity index is 487. The molecule has 0 radical (unpaired) electrons. The van der Waals surface area contributed by atoms with Crippen LogP contribution in [-0.2, 0) is 16.4 Å². The van der Waals surface area contributed by atoms with Crippen LogP contribution < -0.4 is 0 Å². The van der Waals surface area contributed by atoms with E-state index in [1.807, 2.05) is 19.2 Å². The minimum atomic E-state index is -3.37. The zero-order valence-corrected chi connectivity index (χ0v) is 14.6. The molecule has 0 N–H and O–H groups in total. The fourth-order valence-corrected chi connectivity index (χ4v) is 5.96. The first-order valence-electron chi connectivity index (χ1n) is 6.09. The Kier molecular flexibility index (Phi) is 7.18. The Morgan fingerprint density at radius 3 is 2.68 bits per heavy atom. The highest BCUT2D eigenvalue weighted by molar-refractivity contribution is 7.98. The maximum Gasteiger partial charge on any atom is 0.252 e. The molecular formula is C12H20ClNO2S3. The second-order valence-corrected chi connectivity index (χ2v) is 8.88. The largest absolute Gasteiger partial charge is 0.252 e. The van der Waals surface area contributed by atoms with Gasteiger partial charge in [-0.3, -0.25) is 0 Å². The molecule has 0 fully saturated rings. The lowest BCUT2D eigenvalue weighted by atomic mass is 10.3. The smallest absolute Gasteiger partial charge is 0.206 e. The lowest BCUT2D eigenvalue weighted by Gasteiger charge is -2.25. The third-order valence-electron chi connectivity index (χ3n) is 2.96. The van der Waals surface area contributed by atoms with E-state index in [2.05, 4.69) is 0 Å². The first kappa shape index (κ1) is 17.3. The van der Waals surface area contributed by atoms with Crippen LogP contribution in [0, 0.1) is 0 Å². The number of alkyl halides is 1. The Labute approximate surface area is 129 Å². The highest BCUT2D eigenvalue weighted by atomic mass is 35.5. The van der Waals surface area contributed by atoms with Crippen LogP contribution in [0.4, 0.5) is 0 Å². The quantitative estimate of drug-likeness (QED) is 0.681. The van der Waals surface area contributed by atoms with Crippen molar-refractivity contribution in [3.63, 3.8) is 0 Å². The van der Waals surface area contributed by atoms with Gasteiger partial charge in [-0.05, 0) is 31.2 Å². The molecule has 0 spiro atoms. The zero-order chi connectivity index (χ0) is 14.5. The van der Waals surface area contributed by atoms with Crippen molar-refractivity contribution in [3.8, 4) is 0 Å². The third kappa shape index (κ3) is 4.36. The monoisotopic (exact) mass is 341 g/mol. The topological polar surface area (TPSA) is 37.4 Å². The molecule has 1 rings (SSSR count). The molecule has 0 saturated carbocycles. The van der Waals surface area contributed by atoms with Gasteiger partial charge in [-0.1, -0.05) is 6.92 Å². The van der Waals surface area contributed by atoms with Crippen molar-refractivity contribution in [3.05, 3.63) is 17.0 Å². The maximum atomic E-state index is 12.5. The molecule has 0 aliphatic carbocycles. The van der Waals surface area contributed by atoms with Crippen LogP contribution in [0.2, 0.25) is 0 Å². The van der Waals surface area contributed by atoms with Crippen LogP contribution in [0.1, 0.15) is 18.2 Å². The molecule has 110 valence electrons. The van der Waals surface area contributed by atoms with Crippen molar-refractivity contribution < 1.29 is 8.42 Å². The van der Waals surface area contributed by atoms with Gasteiger partial charge >= 0.3 is 0 Å². The molecular weight excluding hydrogens is 322 g/mol. The van der Waals surface area contributed by atoms with E-state index in [1.54, 1.807) is 24.9 Å². The van der Waals surface area contributed by atoms with Crippen LogP contribution in [0.3, 0.4) is 0 Å². The molecule has 1 aromatic heterocycles. The number of rotatable bonds is 8. The summed E-state index contributed by atoms with van der Waals surface area (Å²) in [5.74, 6) is 1.33. The summed E-state index contributed by atoms with van der Waals surface area (Å²) in [5, 5.41) is 0. The molecule has 1 atom stereocenters. The van der Waals surface area contributed by atoms with Gasteiger partial charge in [0.1, 0.15) is 4.21 Å². The van der Waals surface area contributed by atoms with Gasteiger partial charge in [-0.2, -0.15) is 16.1 Å². The SMILES string of the molecule is CCC(CSC)N(C)S(=O)(=O)c1ccc(CCCl)s1. The first-order chi connectivity index (χ1) is 8.97. The molecule has 1 unspecified atom stereocenters. The van der Waals surface area contributed by atoms with Gasteiger partial charge in [0.15, 0.2) is 0 Å². The molecule has 0 aromatic carbocycles. The second kappa shape index (κ2) is 7.88. The summed E-state index contributed by atoms with van der Waals surface area (Å²) in [6, 6.07) is 3.58. The summed E-state index contributed by atoms with van der Waals surface area (Å²) in [7, 11) is -1.71. The van der Waals surface area contributed by atoms with Gasteiger partial charge < -0.3 is 0 Å². The lowest BCUT2D eigenvalue weighted by molar-refractivity contribution is 0.386. The highest BCUT2D eigenvalue weighted by Crippen LogP contribution is 2.27. The van der Waals surface area contributed by atoms with Crippen molar-refractivity contribution in [2.24, 2.45) is 0 Å². The van der Waals surface area contributed by atoms with Gasteiger partial charge in [0.25, 0.3) is 10.0 Å². The van der Waals surface area contributed by atoms with E-state index in [4.69, 9.17) is 11.6 Å². The second-order valence-electron chi connectivity index (χ2n) is 4.20. The van der Waals surface area contributed by atoms with Crippen LogP contribution in [0.15, 0.2) is 16.3 Å². The molecule has 1 heterocycles. The molecule has 0 saturated heterocycles. The number of thioether (sulfide) groups is 1. The Hall–Kier alpha value is 0.250. The zero-order valence-electron chi connectivity index (χ0n) is 11.4. The van der Waals surface area contributed by atoms with Gasteiger partial charge in [0, 0.05) is 29.6 Å². The summed E-state index contributed by atoms with van der Waals surface area (Å²) in [5.41, 5.74) is 0. The fraction of sp³-hybridized carbons (Fsp3) is 0.667. The molecule has 0 bridgehead atoms. The Morgan fingerprint density at radius 2 is 2.16 bits per heavy atom. The maximum absolute atomic E-state index is 12.5. The van der Waals surface area contributed by atoms with Crippen LogP contribution >= 0.6 is 34.7 Å². The number of aryl methyl sites for hydroxylation is 1. The average Bonchev–Trinajstić information content (AvgIpc) is 2.85. The van der Waals surface area contributed by atoms with E-state index >= 15 is 0 Å². The predicted molar refractivity (Wildman–Crippen MR) is 86.2 cm³/mol. The minimum Gasteiger partial charge on any atom is -0.206 e. The van der Waals surface area contributed by atoms with E-state index in [-0.39, 0.29) is 6.04 Å². The Morgan fingerprint density at radius 1 is 1.47 bits per heavy atom.